The standard InChI is InChI=1S/C25H25FN4O.ClH/c1-3-15-29(2)17-18-9-12-20(13-10-18)27-25-28-23-14-11-19(26)16-22(23)24(31)30(25)21-7-5-4-6-8-21;/h4-14,16H,3,15,17H2,1-2H3,(H,27,28);1H. The van der Waals surface area contributed by atoms with Crippen molar-refractivity contribution < 1.29 is 4.39 Å². The molecular weight excluding hydrogens is 427 g/mol. The molecule has 0 aliphatic rings. The first-order valence-electron chi connectivity index (χ1n) is 10.4. The monoisotopic (exact) mass is 452 g/mol. The second-order valence-corrected chi connectivity index (χ2v) is 7.63. The van der Waals surface area contributed by atoms with E-state index in [2.05, 4.69) is 41.3 Å². The number of hydrogen-bond acceptors (Lipinski definition) is 4. The van der Waals surface area contributed by atoms with Gasteiger partial charge in [0, 0.05) is 12.2 Å². The smallest absolute Gasteiger partial charge is 0.267 e. The van der Waals surface area contributed by atoms with Crippen LogP contribution in [0.4, 0.5) is 16.0 Å². The van der Waals surface area contributed by atoms with Crippen LogP contribution in [0.1, 0.15) is 18.9 Å². The van der Waals surface area contributed by atoms with E-state index in [1.807, 2.05) is 42.5 Å². The number of para-hydroxylation sites is 1. The van der Waals surface area contributed by atoms with Crippen LogP contribution in [0.25, 0.3) is 16.6 Å². The number of hydrogen-bond donors (Lipinski definition) is 1. The Hall–Kier alpha value is -3.22. The number of fused-ring (bicyclic) bond motifs is 1. The van der Waals surface area contributed by atoms with Gasteiger partial charge < -0.3 is 10.2 Å². The van der Waals surface area contributed by atoms with Crippen molar-refractivity contribution in [2.24, 2.45) is 0 Å². The van der Waals surface area contributed by atoms with Gasteiger partial charge >= 0.3 is 0 Å². The first-order valence-corrected chi connectivity index (χ1v) is 10.4. The Morgan fingerprint density at radius 1 is 1.03 bits per heavy atom. The van der Waals surface area contributed by atoms with E-state index < -0.39 is 5.82 Å². The van der Waals surface area contributed by atoms with Gasteiger partial charge in [0.15, 0.2) is 0 Å². The number of nitrogens with one attached hydrogen (secondary N) is 1. The highest BCUT2D eigenvalue weighted by molar-refractivity contribution is 5.85. The molecule has 0 spiro atoms. The summed E-state index contributed by atoms with van der Waals surface area (Å²) in [5.74, 6) is -0.0819. The Morgan fingerprint density at radius 2 is 1.75 bits per heavy atom. The van der Waals surface area contributed by atoms with Crippen LogP contribution >= 0.6 is 12.4 Å². The molecule has 1 heterocycles. The molecule has 0 saturated heterocycles. The minimum Gasteiger partial charge on any atom is -0.325 e. The predicted molar refractivity (Wildman–Crippen MR) is 131 cm³/mol. The minimum absolute atomic E-state index is 0. The van der Waals surface area contributed by atoms with Crippen LogP contribution in [0, 0.1) is 5.82 Å². The van der Waals surface area contributed by atoms with Crippen LogP contribution in [0.5, 0.6) is 0 Å². The average molecular weight is 453 g/mol. The van der Waals surface area contributed by atoms with Gasteiger partial charge in [-0.15, -0.1) is 12.4 Å². The van der Waals surface area contributed by atoms with Crippen LogP contribution in [0.3, 0.4) is 0 Å². The molecule has 0 aliphatic carbocycles. The van der Waals surface area contributed by atoms with Gasteiger partial charge in [-0.2, -0.15) is 0 Å². The van der Waals surface area contributed by atoms with Crippen molar-refractivity contribution in [3.63, 3.8) is 0 Å². The molecule has 0 unspecified atom stereocenters. The molecule has 0 atom stereocenters. The van der Waals surface area contributed by atoms with Crippen molar-refractivity contribution in [3.05, 3.63) is 94.5 Å². The topological polar surface area (TPSA) is 50.2 Å². The molecule has 0 saturated carbocycles. The predicted octanol–water partition coefficient (Wildman–Crippen LogP) is 5.53. The zero-order valence-electron chi connectivity index (χ0n) is 18.1. The molecule has 4 aromatic rings. The molecule has 32 heavy (non-hydrogen) atoms. The van der Waals surface area contributed by atoms with E-state index in [1.165, 1.54) is 28.3 Å². The fraction of sp³-hybridized carbons (Fsp3) is 0.200. The lowest BCUT2D eigenvalue weighted by Crippen LogP contribution is -2.23. The molecule has 5 nitrogen and oxygen atoms in total. The van der Waals surface area contributed by atoms with Gasteiger partial charge in [-0.25, -0.2) is 13.9 Å². The summed E-state index contributed by atoms with van der Waals surface area (Å²) < 4.78 is 15.3. The van der Waals surface area contributed by atoms with Gasteiger partial charge in [-0.1, -0.05) is 37.3 Å². The van der Waals surface area contributed by atoms with Crippen LogP contribution in [-0.4, -0.2) is 28.0 Å². The van der Waals surface area contributed by atoms with Crippen LogP contribution in [0.2, 0.25) is 0 Å². The SMILES string of the molecule is CCCN(C)Cc1ccc(Nc2nc3ccc(F)cc3c(=O)n2-c2ccccc2)cc1.Cl. The van der Waals surface area contributed by atoms with Gasteiger partial charge in [0.25, 0.3) is 5.56 Å². The van der Waals surface area contributed by atoms with E-state index in [4.69, 9.17) is 0 Å². The molecule has 1 aromatic heterocycles. The number of anilines is 2. The van der Waals surface area contributed by atoms with Crippen LogP contribution in [0.15, 0.2) is 77.6 Å². The van der Waals surface area contributed by atoms with E-state index in [1.54, 1.807) is 0 Å². The summed E-state index contributed by atoms with van der Waals surface area (Å²) in [6, 6.07) is 21.4. The summed E-state index contributed by atoms with van der Waals surface area (Å²) in [4.78, 5) is 20.1. The summed E-state index contributed by atoms with van der Waals surface area (Å²) in [6.45, 7) is 4.09. The fourth-order valence-corrected chi connectivity index (χ4v) is 3.65. The molecule has 166 valence electrons. The van der Waals surface area contributed by atoms with E-state index in [0.717, 1.165) is 25.2 Å². The van der Waals surface area contributed by atoms with Gasteiger partial charge in [-0.05, 0) is 68.0 Å². The minimum atomic E-state index is -0.463. The second-order valence-electron chi connectivity index (χ2n) is 7.63. The number of aromatic nitrogens is 2. The van der Waals surface area contributed by atoms with Crippen molar-refractivity contribution in [1.82, 2.24) is 14.5 Å². The second kappa shape index (κ2) is 10.4. The molecule has 0 fully saturated rings. The fourth-order valence-electron chi connectivity index (χ4n) is 3.65. The van der Waals surface area contributed by atoms with E-state index in [0.29, 0.717) is 17.2 Å². The van der Waals surface area contributed by atoms with Gasteiger partial charge in [-0.3, -0.25) is 4.79 Å². The summed E-state index contributed by atoms with van der Waals surface area (Å²) in [7, 11) is 2.11. The first-order chi connectivity index (χ1) is 15.0. The molecule has 0 aliphatic heterocycles. The molecule has 0 bridgehead atoms. The Labute approximate surface area is 192 Å². The Morgan fingerprint density at radius 3 is 2.44 bits per heavy atom. The summed E-state index contributed by atoms with van der Waals surface area (Å²) in [5.41, 5.74) is 2.81. The average Bonchev–Trinajstić information content (AvgIpc) is 2.77. The molecule has 3 aromatic carbocycles. The van der Waals surface area contributed by atoms with Gasteiger partial charge in [0.2, 0.25) is 5.95 Å². The lowest BCUT2D eigenvalue weighted by molar-refractivity contribution is 0.327. The van der Waals surface area contributed by atoms with E-state index in [-0.39, 0.29) is 23.4 Å². The summed E-state index contributed by atoms with van der Waals surface area (Å²) in [6.07, 6.45) is 1.12. The Kier molecular flexibility index (Phi) is 7.62. The largest absolute Gasteiger partial charge is 0.325 e. The quantitative estimate of drug-likeness (QED) is 0.400. The lowest BCUT2D eigenvalue weighted by Gasteiger charge is -2.17. The normalized spacial score (nSPS) is 10.9. The van der Waals surface area contributed by atoms with Crippen molar-refractivity contribution in [2.45, 2.75) is 19.9 Å². The highest BCUT2D eigenvalue weighted by Crippen LogP contribution is 2.21. The van der Waals surface area contributed by atoms with E-state index in [9.17, 15) is 9.18 Å². The number of nitrogens with zero attached hydrogens (tertiary/aromatic N) is 3. The zero-order chi connectivity index (χ0) is 21.8. The Balaban J connectivity index is 0.00000289. The maximum absolute atomic E-state index is 13.8. The third kappa shape index (κ3) is 5.15. The lowest BCUT2D eigenvalue weighted by atomic mass is 10.2. The molecule has 1 N–H and O–H groups in total. The third-order valence-electron chi connectivity index (χ3n) is 5.11. The molecule has 7 heteroatoms. The number of rotatable bonds is 7. The van der Waals surface area contributed by atoms with E-state index >= 15 is 0 Å². The first kappa shape index (κ1) is 23.4. The third-order valence-corrected chi connectivity index (χ3v) is 5.11. The maximum Gasteiger partial charge on any atom is 0.267 e. The summed E-state index contributed by atoms with van der Waals surface area (Å²) >= 11 is 0. The summed E-state index contributed by atoms with van der Waals surface area (Å²) in [5, 5.41) is 3.51. The number of halogens is 2. The van der Waals surface area contributed by atoms with Crippen molar-refractivity contribution in [3.8, 4) is 5.69 Å². The van der Waals surface area contributed by atoms with Crippen molar-refractivity contribution in [1.29, 1.82) is 0 Å². The highest BCUT2D eigenvalue weighted by atomic mass is 35.5. The van der Waals surface area contributed by atoms with Crippen LogP contribution < -0.4 is 10.9 Å². The Bertz CT molecular complexity index is 1240. The molecule has 0 amide bonds. The molecule has 4 rings (SSSR count). The number of benzene rings is 3. The highest BCUT2D eigenvalue weighted by Gasteiger charge is 2.14. The van der Waals surface area contributed by atoms with Crippen molar-refractivity contribution >= 4 is 34.9 Å². The van der Waals surface area contributed by atoms with Crippen LogP contribution in [-0.2, 0) is 6.54 Å². The zero-order valence-corrected chi connectivity index (χ0v) is 18.9. The van der Waals surface area contributed by atoms with Gasteiger partial charge in [0.1, 0.15) is 5.82 Å². The maximum atomic E-state index is 13.8. The van der Waals surface area contributed by atoms with Gasteiger partial charge in [0.05, 0.1) is 16.6 Å². The molecular formula is C25H26ClFN4O. The van der Waals surface area contributed by atoms with Crippen molar-refractivity contribution in [2.75, 3.05) is 18.9 Å². The molecule has 0 radical (unpaired) electrons.